The summed E-state index contributed by atoms with van der Waals surface area (Å²) < 4.78 is 5.65. The minimum atomic E-state index is -0.821. The quantitative estimate of drug-likeness (QED) is 0.490. The van der Waals surface area contributed by atoms with Crippen LogP contribution in [0.4, 0.5) is 0 Å². The van der Waals surface area contributed by atoms with Gasteiger partial charge in [-0.25, -0.2) is 4.98 Å². The first-order valence-corrected chi connectivity index (χ1v) is 8.15. The smallest absolute Gasteiger partial charge is 0.154 e. The predicted molar refractivity (Wildman–Crippen MR) is 97.8 cm³/mol. The van der Waals surface area contributed by atoms with Crippen LogP contribution in [0.5, 0.6) is 5.75 Å². The van der Waals surface area contributed by atoms with Crippen LogP contribution in [-0.4, -0.2) is 21.2 Å². The van der Waals surface area contributed by atoms with E-state index in [9.17, 15) is 10.4 Å². The molecule has 0 fully saturated rings. The molecule has 1 heterocycles. The number of aliphatic hydroxyl groups excluding tert-OH is 1. The molecular formula is C18H13Cl2N3O2. The molecule has 0 aliphatic carbocycles. The molecule has 25 heavy (non-hydrogen) atoms. The van der Waals surface area contributed by atoms with Crippen molar-refractivity contribution in [3.8, 4) is 11.8 Å². The second kappa shape index (κ2) is 7.06. The van der Waals surface area contributed by atoms with E-state index in [-0.39, 0.29) is 17.2 Å². The van der Waals surface area contributed by atoms with Gasteiger partial charge in [0.1, 0.15) is 17.4 Å². The van der Waals surface area contributed by atoms with Crippen molar-refractivity contribution >= 4 is 39.8 Å². The van der Waals surface area contributed by atoms with Crippen LogP contribution >= 0.6 is 23.2 Å². The molecular weight excluding hydrogens is 361 g/mol. The molecule has 0 saturated carbocycles. The Morgan fingerprint density at radius 3 is 2.76 bits per heavy atom. The minimum Gasteiger partial charge on any atom is -0.507 e. The van der Waals surface area contributed by atoms with Gasteiger partial charge in [-0.1, -0.05) is 35.3 Å². The van der Waals surface area contributed by atoms with E-state index in [0.29, 0.717) is 21.3 Å². The Hall–Kier alpha value is -2.68. The van der Waals surface area contributed by atoms with E-state index in [4.69, 9.17) is 27.9 Å². The molecule has 0 saturated heterocycles. The topological polar surface area (TPSA) is 81.9 Å². The zero-order chi connectivity index (χ0) is 18.0. The average Bonchev–Trinajstić information content (AvgIpc) is 3.02. The summed E-state index contributed by atoms with van der Waals surface area (Å²) in [5, 5.41) is 20.7. The molecule has 0 aliphatic rings. The zero-order valence-corrected chi connectivity index (χ0v) is 14.6. The van der Waals surface area contributed by atoms with Gasteiger partial charge in [-0.3, -0.25) is 0 Å². The van der Waals surface area contributed by atoms with Gasteiger partial charge in [-0.2, -0.15) is 5.26 Å². The summed E-state index contributed by atoms with van der Waals surface area (Å²) in [6.07, 6.45) is -0.821. The summed E-state index contributed by atoms with van der Waals surface area (Å²) in [5.41, 5.74) is 1.47. The van der Waals surface area contributed by atoms with Crippen LogP contribution in [0, 0.1) is 11.3 Å². The van der Waals surface area contributed by atoms with Gasteiger partial charge in [0.05, 0.1) is 16.1 Å². The Labute approximate surface area is 154 Å². The Morgan fingerprint density at radius 1 is 1.28 bits per heavy atom. The number of H-pyrrole nitrogens is 1. The molecule has 0 amide bonds. The Bertz CT molecular complexity index is 972. The zero-order valence-electron chi connectivity index (χ0n) is 13.1. The van der Waals surface area contributed by atoms with Crippen LogP contribution < -0.4 is 4.74 Å². The number of hydrogen-bond donors (Lipinski definition) is 2. The minimum absolute atomic E-state index is 0.00171. The van der Waals surface area contributed by atoms with E-state index in [1.54, 1.807) is 25.1 Å². The number of para-hydroxylation sites is 2. The van der Waals surface area contributed by atoms with Crippen molar-refractivity contribution in [3.05, 3.63) is 64.1 Å². The molecule has 0 unspecified atom stereocenters. The fourth-order valence-corrected chi connectivity index (χ4v) is 2.64. The van der Waals surface area contributed by atoms with Crippen LogP contribution in [-0.2, 0) is 0 Å². The molecule has 0 aliphatic heterocycles. The Morgan fingerprint density at radius 2 is 2.04 bits per heavy atom. The van der Waals surface area contributed by atoms with Crippen molar-refractivity contribution in [1.82, 2.24) is 9.97 Å². The van der Waals surface area contributed by atoms with Crippen LogP contribution in [0.15, 0.2) is 48.2 Å². The van der Waals surface area contributed by atoms with Gasteiger partial charge in [-0.15, -0.1) is 0 Å². The number of imidazole rings is 1. The summed E-state index contributed by atoms with van der Waals surface area (Å²) in [6.45, 7) is 1.60. The van der Waals surface area contributed by atoms with E-state index in [1.807, 2.05) is 30.3 Å². The second-order valence-electron chi connectivity index (χ2n) is 5.31. The highest BCUT2D eigenvalue weighted by atomic mass is 35.5. The van der Waals surface area contributed by atoms with Crippen LogP contribution in [0.2, 0.25) is 10.0 Å². The molecule has 3 aromatic rings. The molecule has 1 aromatic heterocycles. The highest BCUT2D eigenvalue weighted by Gasteiger charge is 2.20. The van der Waals surface area contributed by atoms with Gasteiger partial charge in [0, 0.05) is 11.1 Å². The first-order chi connectivity index (χ1) is 12.0. The summed E-state index contributed by atoms with van der Waals surface area (Å²) in [5.74, 6) is 0.335. The molecule has 1 atom stereocenters. The summed E-state index contributed by atoms with van der Waals surface area (Å²) in [7, 11) is 0. The first kappa shape index (κ1) is 17.2. The van der Waals surface area contributed by atoms with Crippen LogP contribution in [0.1, 0.15) is 12.7 Å². The highest BCUT2D eigenvalue weighted by Crippen LogP contribution is 2.30. The van der Waals surface area contributed by atoms with Crippen molar-refractivity contribution in [2.75, 3.05) is 0 Å². The van der Waals surface area contributed by atoms with E-state index in [2.05, 4.69) is 9.97 Å². The van der Waals surface area contributed by atoms with Gasteiger partial charge in [0.25, 0.3) is 0 Å². The number of aromatic amines is 1. The van der Waals surface area contributed by atoms with E-state index >= 15 is 0 Å². The number of ether oxygens (including phenoxy) is 1. The largest absolute Gasteiger partial charge is 0.507 e. The lowest BCUT2D eigenvalue weighted by atomic mass is 10.1. The van der Waals surface area contributed by atoms with Crippen molar-refractivity contribution in [1.29, 1.82) is 5.26 Å². The number of allylic oxidation sites excluding steroid dienone is 1. The SMILES string of the molecule is C[C@@H](Oc1cc(Cl)ccc1Cl)/C(O)=C(\C#N)c1nc2ccccc2[nH]1. The fraction of sp³-hybridized carbons (Fsp3) is 0.111. The molecule has 126 valence electrons. The summed E-state index contributed by atoms with van der Waals surface area (Å²) in [6, 6.07) is 14.1. The van der Waals surface area contributed by atoms with E-state index < -0.39 is 6.10 Å². The van der Waals surface area contributed by atoms with E-state index in [0.717, 1.165) is 5.52 Å². The number of nitriles is 1. The third kappa shape index (κ3) is 3.55. The second-order valence-corrected chi connectivity index (χ2v) is 6.15. The lowest BCUT2D eigenvalue weighted by Gasteiger charge is -2.16. The number of rotatable bonds is 4. The standard InChI is InChI=1S/C18H13Cl2N3O2/c1-10(25-16-8-11(19)6-7-13(16)20)17(24)12(9-21)18-22-14-4-2-3-5-15(14)23-18/h2-8,10,24H,1H3,(H,22,23)/b17-12-/t10-/m1/s1. The third-order valence-corrected chi connectivity index (χ3v) is 4.12. The van der Waals surface area contributed by atoms with Crippen molar-refractivity contribution < 1.29 is 9.84 Å². The van der Waals surface area contributed by atoms with Crippen LogP contribution in [0.3, 0.4) is 0 Å². The molecule has 2 N–H and O–H groups in total. The molecule has 3 rings (SSSR count). The van der Waals surface area contributed by atoms with Crippen molar-refractivity contribution in [2.24, 2.45) is 0 Å². The molecule has 0 bridgehead atoms. The normalized spacial score (nSPS) is 13.2. The number of aliphatic hydroxyl groups is 1. The van der Waals surface area contributed by atoms with Crippen molar-refractivity contribution in [2.45, 2.75) is 13.0 Å². The van der Waals surface area contributed by atoms with Gasteiger partial charge < -0.3 is 14.8 Å². The monoisotopic (exact) mass is 373 g/mol. The van der Waals surface area contributed by atoms with Gasteiger partial charge >= 0.3 is 0 Å². The van der Waals surface area contributed by atoms with Crippen molar-refractivity contribution in [3.63, 3.8) is 0 Å². The maximum atomic E-state index is 10.5. The third-order valence-electron chi connectivity index (χ3n) is 3.58. The molecule has 5 nitrogen and oxygen atoms in total. The fourth-order valence-electron chi connectivity index (χ4n) is 2.32. The van der Waals surface area contributed by atoms with Gasteiger partial charge in [0.15, 0.2) is 17.7 Å². The lowest BCUT2D eigenvalue weighted by Crippen LogP contribution is -2.16. The Kier molecular flexibility index (Phi) is 4.84. The number of nitrogens with zero attached hydrogens (tertiary/aromatic N) is 2. The molecule has 0 radical (unpaired) electrons. The van der Waals surface area contributed by atoms with E-state index in [1.165, 1.54) is 0 Å². The Balaban J connectivity index is 1.95. The number of halogens is 2. The molecule has 0 spiro atoms. The first-order valence-electron chi connectivity index (χ1n) is 7.39. The van der Waals surface area contributed by atoms with Crippen LogP contribution in [0.25, 0.3) is 16.6 Å². The number of benzene rings is 2. The highest BCUT2D eigenvalue weighted by molar-refractivity contribution is 6.34. The number of nitrogens with one attached hydrogen (secondary N) is 1. The average molecular weight is 374 g/mol. The maximum Gasteiger partial charge on any atom is 0.154 e. The summed E-state index contributed by atoms with van der Waals surface area (Å²) >= 11 is 12.0. The number of aromatic nitrogens is 2. The van der Waals surface area contributed by atoms with Gasteiger partial charge in [-0.05, 0) is 31.2 Å². The lowest BCUT2D eigenvalue weighted by molar-refractivity contribution is 0.193. The predicted octanol–water partition coefficient (Wildman–Crippen LogP) is 5.13. The molecule has 7 heteroatoms. The number of fused-ring (bicyclic) bond motifs is 1. The summed E-state index contributed by atoms with van der Waals surface area (Å²) in [4.78, 5) is 7.34. The number of hydrogen-bond acceptors (Lipinski definition) is 4. The molecule has 2 aromatic carbocycles. The maximum absolute atomic E-state index is 10.5. The van der Waals surface area contributed by atoms with Gasteiger partial charge in [0.2, 0.25) is 0 Å².